The zero-order chi connectivity index (χ0) is 14.8. The molecule has 0 amide bonds. The van der Waals surface area contributed by atoms with Crippen LogP contribution in [0.2, 0.25) is 0 Å². The number of benzene rings is 1. The van der Waals surface area contributed by atoms with E-state index in [0.717, 1.165) is 12.1 Å². The Balaban J connectivity index is 3.26. The summed E-state index contributed by atoms with van der Waals surface area (Å²) < 4.78 is 68.6. The Bertz CT molecular complexity index is 484. The van der Waals surface area contributed by atoms with Crippen molar-refractivity contribution in [2.45, 2.75) is 19.0 Å². The number of hydrogen-bond acceptors (Lipinski definition) is 2. The van der Waals surface area contributed by atoms with Crippen LogP contribution in [0.15, 0.2) is 22.7 Å². The summed E-state index contributed by atoms with van der Waals surface area (Å²) >= 11 is 2.62. The number of halogens is 6. The second-order valence-corrected chi connectivity index (χ2v) is 4.34. The second-order valence-electron chi connectivity index (χ2n) is 3.49. The molecule has 0 aliphatic carbocycles. The number of hydrogen-bond donors (Lipinski definition) is 0. The predicted molar refractivity (Wildman–Crippen MR) is 59.7 cm³/mol. The molecule has 19 heavy (non-hydrogen) atoms. The maximum atomic E-state index is 13.6. The molecule has 1 aromatic rings. The molecule has 0 saturated carbocycles. The van der Waals surface area contributed by atoms with Crippen LogP contribution in [0.1, 0.15) is 18.1 Å². The highest BCUT2D eigenvalue weighted by Crippen LogP contribution is 2.39. The van der Waals surface area contributed by atoms with Gasteiger partial charge in [-0.15, -0.1) is 0 Å². The van der Waals surface area contributed by atoms with E-state index in [9.17, 15) is 26.7 Å². The van der Waals surface area contributed by atoms with Gasteiger partial charge < -0.3 is 4.74 Å². The van der Waals surface area contributed by atoms with E-state index in [1.165, 1.54) is 6.92 Å². The second kappa shape index (κ2) is 5.44. The van der Waals surface area contributed by atoms with Crippen LogP contribution < -0.4 is 0 Å². The summed E-state index contributed by atoms with van der Waals surface area (Å²) in [6.45, 7) is 1.02. The molecule has 0 aliphatic heterocycles. The van der Waals surface area contributed by atoms with Crippen molar-refractivity contribution in [2.75, 3.05) is 6.61 Å². The molecule has 106 valence electrons. The van der Waals surface area contributed by atoms with Crippen LogP contribution in [0.25, 0.3) is 0 Å². The molecule has 1 aromatic carbocycles. The van der Waals surface area contributed by atoms with Crippen molar-refractivity contribution >= 4 is 21.9 Å². The van der Waals surface area contributed by atoms with Crippen LogP contribution in [-0.2, 0) is 21.6 Å². The Morgan fingerprint density at radius 3 is 2.32 bits per heavy atom. The van der Waals surface area contributed by atoms with E-state index in [1.807, 2.05) is 0 Å². The molecule has 0 unspecified atom stereocenters. The molecule has 0 aromatic heterocycles. The lowest BCUT2D eigenvalue weighted by atomic mass is 10.0. The summed E-state index contributed by atoms with van der Waals surface area (Å²) in [7, 11) is 0. The lowest BCUT2D eigenvalue weighted by Gasteiger charge is -2.17. The van der Waals surface area contributed by atoms with Gasteiger partial charge >= 0.3 is 18.1 Å². The van der Waals surface area contributed by atoms with Gasteiger partial charge in [0.15, 0.2) is 0 Å². The SMILES string of the molecule is CCOC(=O)C(F)(F)c1ccc(Br)c(C(F)(F)F)c1. The van der Waals surface area contributed by atoms with Crippen molar-refractivity contribution in [3.63, 3.8) is 0 Å². The summed E-state index contributed by atoms with van der Waals surface area (Å²) in [5, 5.41) is 0. The first-order chi connectivity index (χ1) is 8.60. The highest BCUT2D eigenvalue weighted by molar-refractivity contribution is 9.10. The minimum absolute atomic E-state index is 0.223. The molecule has 0 saturated heterocycles. The highest BCUT2D eigenvalue weighted by atomic mass is 79.9. The Kier molecular flexibility index (Phi) is 4.54. The van der Waals surface area contributed by atoms with Crippen LogP contribution in [0.5, 0.6) is 0 Å². The molecule has 0 aliphatic rings. The smallest absolute Gasteiger partial charge is 0.417 e. The van der Waals surface area contributed by atoms with E-state index in [0.29, 0.717) is 0 Å². The molecule has 8 heteroatoms. The van der Waals surface area contributed by atoms with E-state index in [-0.39, 0.29) is 17.1 Å². The molecular formula is C11H8BrF5O2. The van der Waals surface area contributed by atoms with Crippen molar-refractivity contribution in [1.82, 2.24) is 0 Å². The number of alkyl halides is 5. The lowest BCUT2D eigenvalue weighted by Crippen LogP contribution is -2.28. The van der Waals surface area contributed by atoms with E-state index < -0.39 is 29.2 Å². The average molecular weight is 347 g/mol. The normalized spacial score (nSPS) is 12.4. The monoisotopic (exact) mass is 346 g/mol. The molecule has 0 heterocycles. The van der Waals surface area contributed by atoms with Crippen LogP contribution in [0.3, 0.4) is 0 Å². The van der Waals surface area contributed by atoms with Gasteiger partial charge in [0.1, 0.15) is 0 Å². The molecule has 0 bridgehead atoms. The lowest BCUT2D eigenvalue weighted by molar-refractivity contribution is -0.173. The van der Waals surface area contributed by atoms with Crippen molar-refractivity contribution in [2.24, 2.45) is 0 Å². The zero-order valence-electron chi connectivity index (χ0n) is 9.52. The summed E-state index contributed by atoms with van der Waals surface area (Å²) in [6, 6.07) is 1.77. The van der Waals surface area contributed by atoms with E-state index >= 15 is 0 Å². The van der Waals surface area contributed by atoms with Crippen molar-refractivity contribution in [1.29, 1.82) is 0 Å². The molecular weight excluding hydrogens is 339 g/mol. The van der Waals surface area contributed by atoms with Gasteiger partial charge in [-0.3, -0.25) is 0 Å². The Morgan fingerprint density at radius 1 is 1.26 bits per heavy atom. The number of carbonyl (C=O) groups is 1. The third-order valence-electron chi connectivity index (χ3n) is 2.17. The fourth-order valence-electron chi connectivity index (χ4n) is 1.28. The summed E-state index contributed by atoms with van der Waals surface area (Å²) in [4.78, 5) is 11.0. The number of carbonyl (C=O) groups excluding carboxylic acids is 1. The third kappa shape index (κ3) is 3.43. The molecule has 1 rings (SSSR count). The molecule has 0 radical (unpaired) electrons. The maximum absolute atomic E-state index is 13.6. The van der Waals surface area contributed by atoms with Gasteiger partial charge in [0.2, 0.25) is 0 Å². The quantitative estimate of drug-likeness (QED) is 0.607. The molecule has 0 atom stereocenters. The van der Waals surface area contributed by atoms with Crippen molar-refractivity contribution in [3.8, 4) is 0 Å². The first-order valence-corrected chi connectivity index (χ1v) is 5.82. The highest BCUT2D eigenvalue weighted by Gasteiger charge is 2.44. The van der Waals surface area contributed by atoms with Gasteiger partial charge in [-0.25, -0.2) is 4.79 Å². The first kappa shape index (κ1) is 15.9. The van der Waals surface area contributed by atoms with Crippen LogP contribution in [0.4, 0.5) is 22.0 Å². The molecule has 2 nitrogen and oxygen atoms in total. The first-order valence-electron chi connectivity index (χ1n) is 5.03. The predicted octanol–water partition coefficient (Wildman–Crippen LogP) is 4.12. The van der Waals surface area contributed by atoms with Gasteiger partial charge in [0, 0.05) is 10.0 Å². The van der Waals surface area contributed by atoms with E-state index in [1.54, 1.807) is 0 Å². The van der Waals surface area contributed by atoms with E-state index in [2.05, 4.69) is 20.7 Å². The summed E-state index contributed by atoms with van der Waals surface area (Å²) in [5.74, 6) is -6.01. The van der Waals surface area contributed by atoms with Gasteiger partial charge in [0.05, 0.1) is 12.2 Å². The van der Waals surface area contributed by atoms with Crippen molar-refractivity contribution in [3.05, 3.63) is 33.8 Å². The van der Waals surface area contributed by atoms with Gasteiger partial charge in [-0.05, 0) is 19.1 Å². The van der Waals surface area contributed by atoms with Crippen LogP contribution in [0, 0.1) is 0 Å². The third-order valence-corrected chi connectivity index (χ3v) is 2.86. The number of rotatable bonds is 3. The Hall–Kier alpha value is -1.18. The number of ether oxygens (including phenoxy) is 1. The summed E-state index contributed by atoms with van der Waals surface area (Å²) in [6.07, 6.45) is -4.81. The van der Waals surface area contributed by atoms with Crippen LogP contribution in [-0.4, -0.2) is 12.6 Å². The number of esters is 1. The van der Waals surface area contributed by atoms with Crippen molar-refractivity contribution < 1.29 is 31.5 Å². The zero-order valence-corrected chi connectivity index (χ0v) is 11.1. The standard InChI is InChI=1S/C11H8BrF5O2/c1-2-19-9(18)10(13,14)6-3-4-8(12)7(5-6)11(15,16)17/h3-5H,2H2,1H3. The minimum atomic E-state index is -4.81. The Morgan fingerprint density at radius 2 is 1.84 bits per heavy atom. The van der Waals surface area contributed by atoms with Gasteiger partial charge in [-0.1, -0.05) is 22.0 Å². The summed E-state index contributed by atoms with van der Waals surface area (Å²) in [5.41, 5.74) is -2.35. The maximum Gasteiger partial charge on any atom is 0.417 e. The van der Waals surface area contributed by atoms with E-state index in [4.69, 9.17) is 0 Å². The largest absolute Gasteiger partial charge is 0.461 e. The molecule has 0 fully saturated rings. The Labute approximate surface area is 113 Å². The van der Waals surface area contributed by atoms with Gasteiger partial charge in [-0.2, -0.15) is 22.0 Å². The minimum Gasteiger partial charge on any atom is -0.461 e. The molecule has 0 spiro atoms. The topological polar surface area (TPSA) is 26.3 Å². The van der Waals surface area contributed by atoms with Gasteiger partial charge in [0.25, 0.3) is 0 Å². The fraction of sp³-hybridized carbons (Fsp3) is 0.364. The average Bonchev–Trinajstić information content (AvgIpc) is 2.28. The molecule has 0 N–H and O–H groups in total. The van der Waals surface area contributed by atoms with Crippen LogP contribution >= 0.6 is 15.9 Å². The fourth-order valence-corrected chi connectivity index (χ4v) is 1.75.